The first-order valence-electron chi connectivity index (χ1n) is 18.5. The van der Waals surface area contributed by atoms with Gasteiger partial charge in [-0.05, 0) is 36.8 Å². The van der Waals surface area contributed by atoms with Gasteiger partial charge in [0.15, 0.2) is 0 Å². The van der Waals surface area contributed by atoms with E-state index in [0.29, 0.717) is 37.2 Å². The van der Waals surface area contributed by atoms with Gasteiger partial charge in [-0.2, -0.15) is 0 Å². The van der Waals surface area contributed by atoms with Crippen molar-refractivity contribution >= 4 is 96.9 Å². The summed E-state index contributed by atoms with van der Waals surface area (Å²) in [5, 5.41) is 18.8. The summed E-state index contributed by atoms with van der Waals surface area (Å²) in [6.45, 7) is 32.6. The minimum absolute atomic E-state index is 0. The number of carbonyl (C=O) groups excluding carboxylic acids is 4. The fraction of sp³-hybridized carbons (Fsp3) is 0.750. The van der Waals surface area contributed by atoms with E-state index in [2.05, 4.69) is 108 Å². The van der Waals surface area contributed by atoms with E-state index in [9.17, 15) is 29.4 Å². The van der Waals surface area contributed by atoms with Crippen LogP contribution in [0.4, 0.5) is 0 Å². The quantitative estimate of drug-likeness (QED) is 0.0528. The van der Waals surface area contributed by atoms with Crippen molar-refractivity contribution in [1.82, 2.24) is 0 Å². The van der Waals surface area contributed by atoms with Gasteiger partial charge in [0.05, 0.1) is 25.2 Å². The average Bonchev–Trinajstić information content (AvgIpc) is 3.14. The molecule has 0 fully saturated rings. The Kier molecular flexibility index (Phi) is 101. The Balaban J connectivity index is -0.0000000629. The van der Waals surface area contributed by atoms with Gasteiger partial charge in [-0.3, -0.25) is 9.59 Å². The Hall–Kier alpha value is -0.0826. The first kappa shape index (κ1) is 73.1. The van der Waals surface area contributed by atoms with Crippen molar-refractivity contribution in [3.63, 3.8) is 0 Å². The molecule has 0 rings (SSSR count). The molecule has 0 aliphatic rings. The fourth-order valence-corrected chi connectivity index (χ4v) is 2.60. The topological polar surface area (TPSA) is 133 Å². The molecule has 0 aromatic carbocycles. The number of rotatable bonds is 20. The number of esters is 2. The number of hydrogen-bond acceptors (Lipinski definition) is 10. The van der Waals surface area contributed by atoms with Gasteiger partial charge in [0.2, 0.25) is 0 Å². The third kappa shape index (κ3) is 98.0. The Labute approximate surface area is 367 Å². The number of carboxylic acid groups (broad SMARTS) is 2. The molecule has 0 aliphatic heterocycles. The van der Waals surface area contributed by atoms with Gasteiger partial charge in [0, 0.05) is 0 Å². The molecular formula is C40H76O8S2Sn2. The van der Waals surface area contributed by atoms with Gasteiger partial charge in [-0.15, -0.1) is 0 Å². The Bertz CT molecular complexity index is 628. The van der Waals surface area contributed by atoms with E-state index in [4.69, 9.17) is 9.47 Å². The Morgan fingerprint density at radius 1 is 0.538 bits per heavy atom. The standard InChI is InChI=1S/2C10H20O2S.C4H4O4.4C4H9.2Sn/c2*1-3-5-6-9(4-2)7-12-10(11)8-13;5-3(6)1-2-4(7)8;4*1-3-4-2;;/h2*9,13H,3-8H2,1-2H3;1-2H,(H,5,6)(H,7,8);4*1,3-4H2,2H3;;/q;;;;;;;2*+2/p-4. The normalized spacial score (nSPS) is 10.0. The van der Waals surface area contributed by atoms with E-state index in [-0.39, 0.29) is 71.3 Å². The Morgan fingerprint density at radius 3 is 0.904 bits per heavy atom. The van der Waals surface area contributed by atoms with Gasteiger partial charge in [0.25, 0.3) is 11.9 Å². The first-order chi connectivity index (χ1) is 23.8. The van der Waals surface area contributed by atoms with Crippen LogP contribution in [0.25, 0.3) is 0 Å². The molecule has 0 heterocycles. The SMILES string of the molecule is CCCCC(CC)COC(=O)C[S-].CCCCC(CC)COC(=O)C[S-].O=C([O-])C=CC(=O)[O-].[CH2]CCC.[CH2]CCC.[CH2]CCC.[CH2]CCC.[Sn+2].[Sn+2]. The van der Waals surface area contributed by atoms with Crippen LogP contribution < -0.4 is 10.2 Å². The van der Waals surface area contributed by atoms with Crippen LogP contribution in [-0.4, -0.2) is 96.4 Å². The third-order valence-corrected chi connectivity index (χ3v) is 6.52. The summed E-state index contributed by atoms with van der Waals surface area (Å²) < 4.78 is 10.00. The van der Waals surface area contributed by atoms with E-state index in [1.165, 1.54) is 51.4 Å². The van der Waals surface area contributed by atoms with Gasteiger partial charge in [0.1, 0.15) is 0 Å². The monoisotopic (exact) mass is 988 g/mol. The van der Waals surface area contributed by atoms with Crippen molar-refractivity contribution in [3.05, 3.63) is 39.8 Å². The Morgan fingerprint density at radius 2 is 0.769 bits per heavy atom. The zero-order chi connectivity index (χ0) is 40.4. The van der Waals surface area contributed by atoms with Crippen LogP contribution in [0.2, 0.25) is 0 Å². The molecule has 0 spiro atoms. The van der Waals surface area contributed by atoms with Crippen LogP contribution >= 0.6 is 0 Å². The smallest absolute Gasteiger partial charge is 0.782 e. The summed E-state index contributed by atoms with van der Waals surface area (Å²) >= 11 is 9.15. The van der Waals surface area contributed by atoms with Crippen LogP contribution in [0.1, 0.15) is 158 Å². The van der Waals surface area contributed by atoms with E-state index in [1.807, 2.05) is 0 Å². The second kappa shape index (κ2) is 72.2. The van der Waals surface area contributed by atoms with E-state index in [0.717, 1.165) is 51.4 Å². The minimum Gasteiger partial charge on any atom is -0.782 e. The number of hydrogen-bond donors (Lipinski definition) is 0. The summed E-state index contributed by atoms with van der Waals surface area (Å²) in [6, 6.07) is 0. The van der Waals surface area contributed by atoms with Crippen LogP contribution in [-0.2, 0) is 53.9 Å². The maximum Gasteiger partial charge on any atom is 2.00 e. The molecule has 0 saturated carbocycles. The molecular weight excluding hydrogens is 910 g/mol. The van der Waals surface area contributed by atoms with Crippen LogP contribution in [0.3, 0.4) is 0 Å². The third-order valence-electron chi connectivity index (χ3n) is 6.05. The molecule has 12 heteroatoms. The zero-order valence-corrected chi connectivity index (χ0v) is 41.7. The molecule has 52 heavy (non-hydrogen) atoms. The summed E-state index contributed by atoms with van der Waals surface area (Å²) in [4.78, 5) is 40.4. The molecule has 0 aromatic heterocycles. The number of ether oxygens (including phenoxy) is 2. The van der Waals surface area contributed by atoms with E-state index < -0.39 is 11.9 Å². The second-order valence-electron chi connectivity index (χ2n) is 10.9. The van der Waals surface area contributed by atoms with Crippen molar-refractivity contribution in [2.24, 2.45) is 11.8 Å². The minimum atomic E-state index is -1.55. The van der Waals surface area contributed by atoms with Gasteiger partial charge >= 0.3 is 47.8 Å². The molecule has 8 radical (unpaired) electrons. The fourth-order valence-electron chi connectivity index (χ4n) is 2.44. The summed E-state index contributed by atoms with van der Waals surface area (Å²) in [5.41, 5.74) is 0. The molecule has 0 bridgehead atoms. The number of carboxylic acids is 2. The van der Waals surface area contributed by atoms with Crippen LogP contribution in [0, 0.1) is 39.5 Å². The number of carbonyl (C=O) groups is 4. The predicted octanol–water partition coefficient (Wildman–Crippen LogP) is 7.35. The van der Waals surface area contributed by atoms with Gasteiger partial charge in [-0.25, -0.2) is 0 Å². The van der Waals surface area contributed by atoms with Gasteiger partial charge in [-0.1, -0.05) is 184 Å². The summed E-state index contributed by atoms with van der Waals surface area (Å²) in [7, 11) is 0. The van der Waals surface area contributed by atoms with E-state index in [1.54, 1.807) is 0 Å². The maximum absolute atomic E-state index is 10.8. The van der Waals surface area contributed by atoms with Crippen molar-refractivity contribution in [2.45, 2.75) is 158 Å². The molecule has 0 amide bonds. The summed E-state index contributed by atoms with van der Waals surface area (Å²) in [5.74, 6) is -2.43. The van der Waals surface area contributed by atoms with Crippen molar-refractivity contribution in [2.75, 3.05) is 24.7 Å². The molecule has 2 atom stereocenters. The van der Waals surface area contributed by atoms with Gasteiger partial charge < -0.3 is 54.5 Å². The largest absolute Gasteiger partial charge is 2.00 e. The molecule has 8 nitrogen and oxygen atoms in total. The molecule has 0 aliphatic carbocycles. The zero-order valence-electron chi connectivity index (χ0n) is 34.4. The second-order valence-corrected chi connectivity index (χ2v) is 11.5. The number of unbranched alkanes of at least 4 members (excludes halogenated alkanes) is 6. The molecule has 304 valence electrons. The van der Waals surface area contributed by atoms with E-state index >= 15 is 0 Å². The first-order valence-corrected chi connectivity index (χ1v) is 19.7. The van der Waals surface area contributed by atoms with Crippen molar-refractivity contribution in [1.29, 1.82) is 0 Å². The maximum atomic E-state index is 10.8. The van der Waals surface area contributed by atoms with Crippen molar-refractivity contribution in [3.8, 4) is 0 Å². The molecule has 0 aromatic rings. The summed E-state index contributed by atoms with van der Waals surface area (Å²) in [6.07, 6.45) is 19.2. The van der Waals surface area contributed by atoms with Crippen molar-refractivity contribution < 1.29 is 38.9 Å². The molecule has 0 saturated heterocycles. The van der Waals surface area contributed by atoms with Crippen LogP contribution in [0.5, 0.6) is 0 Å². The molecule has 0 N–H and O–H groups in total. The molecule has 2 unspecified atom stereocenters. The predicted molar refractivity (Wildman–Crippen MR) is 225 cm³/mol. The number of aliphatic carboxylic acids is 2. The van der Waals surface area contributed by atoms with Crippen LogP contribution in [0.15, 0.2) is 12.2 Å². The average molecular weight is 987 g/mol.